The summed E-state index contributed by atoms with van der Waals surface area (Å²) >= 11 is 1.35. The first-order valence-electron chi connectivity index (χ1n) is 10.7. The van der Waals surface area contributed by atoms with Gasteiger partial charge in [0.2, 0.25) is 0 Å². The van der Waals surface area contributed by atoms with E-state index in [2.05, 4.69) is 21.8 Å². The van der Waals surface area contributed by atoms with Crippen LogP contribution in [-0.4, -0.2) is 24.2 Å². The highest BCUT2D eigenvalue weighted by Crippen LogP contribution is 2.28. The van der Waals surface area contributed by atoms with Gasteiger partial charge in [0.05, 0.1) is 19.9 Å². The number of aromatic amines is 1. The first-order chi connectivity index (χ1) is 17.1. The fraction of sp³-hybridized carbons (Fsp3) is 0.107. The number of nitrogens with zero attached hydrogens (tertiary/aromatic N) is 2. The fourth-order valence-corrected chi connectivity index (χ4v) is 4.10. The van der Waals surface area contributed by atoms with Crippen LogP contribution < -0.4 is 15.0 Å². The van der Waals surface area contributed by atoms with Gasteiger partial charge < -0.3 is 14.5 Å². The summed E-state index contributed by atoms with van der Waals surface area (Å²) in [5.41, 5.74) is 3.20. The van der Waals surface area contributed by atoms with Gasteiger partial charge in [-0.25, -0.2) is 4.98 Å². The van der Waals surface area contributed by atoms with E-state index < -0.39 is 5.56 Å². The Labute approximate surface area is 207 Å². The second kappa shape index (κ2) is 11.1. The van der Waals surface area contributed by atoms with Gasteiger partial charge >= 0.3 is 0 Å². The molecular formula is C28H21N3O3S. The molecule has 0 aliphatic heterocycles. The smallest absolute Gasteiger partial charge is 0.270 e. The van der Waals surface area contributed by atoms with Crippen LogP contribution in [0.2, 0.25) is 0 Å². The van der Waals surface area contributed by atoms with E-state index in [-0.39, 0.29) is 5.56 Å². The topological polar surface area (TPSA) is 88.0 Å². The summed E-state index contributed by atoms with van der Waals surface area (Å²) in [7, 11) is 3.19. The van der Waals surface area contributed by atoms with E-state index in [1.807, 2.05) is 72.8 Å². The highest BCUT2D eigenvalue weighted by Gasteiger charge is 2.14. The molecule has 7 heteroatoms. The average Bonchev–Trinajstić information content (AvgIpc) is 2.91. The molecule has 172 valence electrons. The van der Waals surface area contributed by atoms with Crippen molar-refractivity contribution in [1.29, 1.82) is 5.26 Å². The fourth-order valence-electron chi connectivity index (χ4n) is 3.31. The zero-order valence-corrected chi connectivity index (χ0v) is 20.0. The van der Waals surface area contributed by atoms with E-state index in [1.54, 1.807) is 20.3 Å². The second-order valence-electron chi connectivity index (χ2n) is 7.41. The third kappa shape index (κ3) is 5.92. The maximum atomic E-state index is 12.6. The summed E-state index contributed by atoms with van der Waals surface area (Å²) in [6.45, 7) is 0. The lowest BCUT2D eigenvalue weighted by Gasteiger charge is -2.09. The van der Waals surface area contributed by atoms with Gasteiger partial charge in [-0.05, 0) is 42.0 Å². The van der Waals surface area contributed by atoms with Gasteiger partial charge in [0.15, 0.2) is 5.16 Å². The summed E-state index contributed by atoms with van der Waals surface area (Å²) < 4.78 is 10.6. The minimum atomic E-state index is -0.476. The van der Waals surface area contributed by atoms with Crippen LogP contribution in [0.5, 0.6) is 11.5 Å². The van der Waals surface area contributed by atoms with Gasteiger partial charge in [0.25, 0.3) is 5.56 Å². The van der Waals surface area contributed by atoms with E-state index in [1.165, 1.54) is 11.8 Å². The highest BCUT2D eigenvalue weighted by molar-refractivity contribution is 7.98. The zero-order valence-electron chi connectivity index (χ0n) is 19.2. The summed E-state index contributed by atoms with van der Waals surface area (Å²) in [5.74, 6) is 8.12. The van der Waals surface area contributed by atoms with Crippen LogP contribution in [0.1, 0.15) is 22.3 Å². The Balaban J connectivity index is 1.59. The zero-order chi connectivity index (χ0) is 24.6. The average molecular weight is 480 g/mol. The number of rotatable bonds is 6. The lowest BCUT2D eigenvalue weighted by Crippen LogP contribution is -2.14. The summed E-state index contributed by atoms with van der Waals surface area (Å²) in [6.07, 6.45) is 0. The largest absolute Gasteiger partial charge is 0.497 e. The quantitative estimate of drug-likeness (QED) is 0.237. The van der Waals surface area contributed by atoms with Crippen LogP contribution >= 0.6 is 11.8 Å². The molecule has 4 rings (SSSR count). The molecule has 0 aliphatic rings. The molecular weight excluding hydrogens is 458 g/mol. The van der Waals surface area contributed by atoms with Gasteiger partial charge in [-0.15, -0.1) is 0 Å². The molecule has 0 unspecified atom stereocenters. The Hall–Kier alpha value is -4.46. The van der Waals surface area contributed by atoms with Crippen LogP contribution in [0.25, 0.3) is 11.3 Å². The second-order valence-corrected chi connectivity index (χ2v) is 8.37. The van der Waals surface area contributed by atoms with Crippen molar-refractivity contribution in [3.05, 3.63) is 105 Å². The maximum Gasteiger partial charge on any atom is 0.270 e. The first-order valence-corrected chi connectivity index (χ1v) is 11.6. The van der Waals surface area contributed by atoms with Gasteiger partial charge in [0, 0.05) is 28.5 Å². The molecule has 0 amide bonds. The number of H-pyrrole nitrogens is 1. The van der Waals surface area contributed by atoms with Crippen LogP contribution in [0.4, 0.5) is 0 Å². The molecule has 0 radical (unpaired) electrons. The number of nitriles is 1. The van der Waals surface area contributed by atoms with Crippen molar-refractivity contribution in [2.75, 3.05) is 14.2 Å². The predicted octanol–water partition coefficient (Wildman–Crippen LogP) is 5.02. The number of aromatic nitrogens is 2. The Kier molecular flexibility index (Phi) is 7.52. The number of hydrogen-bond donors (Lipinski definition) is 1. The van der Waals surface area contributed by atoms with E-state index in [9.17, 15) is 10.1 Å². The van der Waals surface area contributed by atoms with Gasteiger partial charge in [0.1, 0.15) is 23.1 Å². The monoisotopic (exact) mass is 479 g/mol. The van der Waals surface area contributed by atoms with Crippen molar-refractivity contribution in [2.24, 2.45) is 0 Å². The normalized spacial score (nSPS) is 10.1. The number of ether oxygens (including phenoxy) is 2. The van der Waals surface area contributed by atoms with Crippen molar-refractivity contribution in [2.45, 2.75) is 10.9 Å². The molecule has 1 N–H and O–H groups in total. The van der Waals surface area contributed by atoms with Crippen molar-refractivity contribution in [3.8, 4) is 40.7 Å². The van der Waals surface area contributed by atoms with E-state index in [0.717, 1.165) is 16.7 Å². The molecule has 0 saturated heterocycles. The summed E-state index contributed by atoms with van der Waals surface area (Å²) in [5, 5.41) is 9.99. The SMILES string of the molecule is COc1cc(CSc2nc(-c3ccc(C#Cc4ccccc4)cc3)c(C#N)c(=O)[nH]2)cc(OC)c1. The number of methoxy groups -OCH3 is 2. The van der Waals surface area contributed by atoms with Crippen LogP contribution in [0.15, 0.2) is 82.7 Å². The van der Waals surface area contributed by atoms with Crippen molar-refractivity contribution >= 4 is 11.8 Å². The number of hydrogen-bond acceptors (Lipinski definition) is 6. The number of thioether (sulfide) groups is 1. The first kappa shape index (κ1) is 23.7. The van der Waals surface area contributed by atoms with Crippen LogP contribution in [0.3, 0.4) is 0 Å². The standard InChI is InChI=1S/C28H21N3O3S/c1-33-23-14-21(15-24(16-23)34-2)18-35-28-30-26(25(17-29)27(32)31-28)22-12-10-20(11-13-22)9-8-19-6-4-3-5-7-19/h3-7,10-16H,18H2,1-2H3,(H,30,31,32). The predicted molar refractivity (Wildman–Crippen MR) is 137 cm³/mol. The van der Waals surface area contributed by atoms with Crippen molar-refractivity contribution in [3.63, 3.8) is 0 Å². The maximum absolute atomic E-state index is 12.6. The summed E-state index contributed by atoms with van der Waals surface area (Å²) in [6, 6.07) is 24.6. The molecule has 1 aromatic heterocycles. The highest BCUT2D eigenvalue weighted by atomic mass is 32.2. The lowest BCUT2D eigenvalue weighted by atomic mass is 10.1. The molecule has 0 aliphatic carbocycles. The third-order valence-corrected chi connectivity index (χ3v) is 6.02. The van der Waals surface area contributed by atoms with Crippen LogP contribution in [0, 0.1) is 23.2 Å². The molecule has 35 heavy (non-hydrogen) atoms. The van der Waals surface area contributed by atoms with Crippen LogP contribution in [-0.2, 0) is 5.75 Å². The Bertz CT molecular complexity index is 1470. The Morgan fingerprint density at radius 2 is 1.54 bits per heavy atom. The third-order valence-electron chi connectivity index (χ3n) is 5.08. The van der Waals surface area contributed by atoms with Crippen molar-refractivity contribution in [1.82, 2.24) is 9.97 Å². The molecule has 6 nitrogen and oxygen atoms in total. The van der Waals surface area contributed by atoms with E-state index in [0.29, 0.717) is 33.7 Å². The van der Waals surface area contributed by atoms with Crippen molar-refractivity contribution < 1.29 is 9.47 Å². The number of benzene rings is 3. The lowest BCUT2D eigenvalue weighted by molar-refractivity contribution is 0.393. The van der Waals surface area contributed by atoms with E-state index >= 15 is 0 Å². The van der Waals surface area contributed by atoms with Gasteiger partial charge in [-0.1, -0.05) is 53.9 Å². The summed E-state index contributed by atoms with van der Waals surface area (Å²) in [4.78, 5) is 19.9. The van der Waals surface area contributed by atoms with Gasteiger partial charge in [-0.3, -0.25) is 4.79 Å². The minimum absolute atomic E-state index is 0.0273. The molecule has 0 fully saturated rings. The van der Waals surface area contributed by atoms with E-state index in [4.69, 9.17) is 9.47 Å². The number of nitrogens with one attached hydrogen (secondary N) is 1. The molecule has 0 spiro atoms. The molecule has 4 aromatic rings. The molecule has 0 saturated carbocycles. The van der Waals surface area contributed by atoms with Gasteiger partial charge in [-0.2, -0.15) is 5.26 Å². The molecule has 3 aromatic carbocycles. The molecule has 1 heterocycles. The minimum Gasteiger partial charge on any atom is -0.497 e. The molecule has 0 atom stereocenters. The Morgan fingerprint density at radius 1 is 0.914 bits per heavy atom. The molecule has 0 bridgehead atoms. The Morgan fingerprint density at radius 3 is 2.14 bits per heavy atom.